The van der Waals surface area contributed by atoms with Crippen molar-refractivity contribution in [2.24, 2.45) is 7.05 Å². The van der Waals surface area contributed by atoms with Crippen molar-refractivity contribution in [2.75, 3.05) is 50.0 Å². The van der Waals surface area contributed by atoms with E-state index in [9.17, 15) is 0 Å². The average molecular weight is 303 g/mol. The number of fused-ring (bicyclic) bond motifs is 1. The third kappa shape index (κ3) is 2.99. The molecular formula is C15H25N7. The lowest BCUT2D eigenvalue weighted by Crippen LogP contribution is -2.45. The molecular weight excluding hydrogens is 278 g/mol. The molecule has 0 atom stereocenters. The van der Waals surface area contributed by atoms with Gasteiger partial charge in [-0.05, 0) is 13.5 Å². The summed E-state index contributed by atoms with van der Waals surface area (Å²) in [4.78, 5) is 14.1. The van der Waals surface area contributed by atoms with Crippen LogP contribution < -0.4 is 10.2 Å². The van der Waals surface area contributed by atoms with Gasteiger partial charge in [-0.3, -0.25) is 4.68 Å². The number of aryl methyl sites for hydroxylation is 1. The van der Waals surface area contributed by atoms with Crippen molar-refractivity contribution in [1.82, 2.24) is 24.6 Å². The van der Waals surface area contributed by atoms with Crippen LogP contribution in [0.5, 0.6) is 0 Å². The van der Waals surface area contributed by atoms with Gasteiger partial charge in [-0.2, -0.15) is 15.1 Å². The van der Waals surface area contributed by atoms with Gasteiger partial charge in [0, 0.05) is 39.8 Å². The quantitative estimate of drug-likeness (QED) is 0.841. The Morgan fingerprint density at radius 2 is 1.91 bits per heavy atom. The van der Waals surface area contributed by atoms with E-state index in [0.29, 0.717) is 5.95 Å². The minimum atomic E-state index is 0.707. The lowest BCUT2D eigenvalue weighted by atomic mass is 10.3. The van der Waals surface area contributed by atoms with E-state index in [1.54, 1.807) is 0 Å². The Morgan fingerprint density at radius 3 is 2.64 bits per heavy atom. The third-order valence-electron chi connectivity index (χ3n) is 4.19. The largest absolute Gasteiger partial charge is 0.354 e. The van der Waals surface area contributed by atoms with Gasteiger partial charge in [0.15, 0.2) is 5.65 Å². The Bertz CT molecular complexity index is 628. The Morgan fingerprint density at radius 1 is 1.14 bits per heavy atom. The number of hydrogen-bond acceptors (Lipinski definition) is 6. The van der Waals surface area contributed by atoms with E-state index in [0.717, 1.165) is 62.4 Å². The average Bonchev–Trinajstić information content (AvgIpc) is 2.89. The molecule has 0 amide bonds. The maximum atomic E-state index is 4.77. The molecule has 3 heterocycles. The van der Waals surface area contributed by atoms with E-state index < -0.39 is 0 Å². The van der Waals surface area contributed by atoms with Crippen LogP contribution in [-0.4, -0.2) is 64.4 Å². The fourth-order valence-electron chi connectivity index (χ4n) is 2.72. The van der Waals surface area contributed by atoms with Gasteiger partial charge in [0.2, 0.25) is 5.95 Å². The van der Waals surface area contributed by atoms with Crippen LogP contribution in [0.1, 0.15) is 19.8 Å². The second-order valence-corrected chi connectivity index (χ2v) is 5.95. The minimum absolute atomic E-state index is 0.707. The van der Waals surface area contributed by atoms with Crippen LogP contribution in [0.4, 0.5) is 11.8 Å². The smallest absolute Gasteiger partial charge is 0.226 e. The summed E-state index contributed by atoms with van der Waals surface area (Å²) >= 11 is 0. The molecule has 120 valence electrons. The molecule has 2 aromatic heterocycles. The highest BCUT2D eigenvalue weighted by Crippen LogP contribution is 2.25. The normalized spacial score (nSPS) is 16.4. The number of aromatic nitrogens is 4. The molecule has 0 bridgehead atoms. The topological polar surface area (TPSA) is 62.1 Å². The highest BCUT2D eigenvalue weighted by Gasteiger charge is 2.20. The fourth-order valence-corrected chi connectivity index (χ4v) is 2.72. The standard InChI is InChI=1S/C15H25N7/c1-4-5-6-16-15-18-13-12(11-17-21(13)3)14(19-15)22-9-7-20(2)8-10-22/h11H,4-10H2,1-3H3,(H,16,18,19). The van der Waals surface area contributed by atoms with Gasteiger partial charge in [0.1, 0.15) is 5.82 Å². The first kappa shape index (κ1) is 15.0. The highest BCUT2D eigenvalue weighted by molar-refractivity contribution is 5.88. The molecule has 1 aliphatic rings. The van der Waals surface area contributed by atoms with Crippen LogP contribution in [-0.2, 0) is 7.05 Å². The van der Waals surface area contributed by atoms with Crippen molar-refractivity contribution in [1.29, 1.82) is 0 Å². The van der Waals surface area contributed by atoms with Crippen LogP contribution in [0.2, 0.25) is 0 Å². The van der Waals surface area contributed by atoms with E-state index in [-0.39, 0.29) is 0 Å². The molecule has 0 radical (unpaired) electrons. The van der Waals surface area contributed by atoms with Gasteiger partial charge >= 0.3 is 0 Å². The van der Waals surface area contributed by atoms with E-state index in [1.807, 2.05) is 17.9 Å². The number of piperazine rings is 1. The lowest BCUT2D eigenvalue weighted by molar-refractivity contribution is 0.312. The maximum absolute atomic E-state index is 4.77. The molecule has 2 aromatic rings. The van der Waals surface area contributed by atoms with E-state index in [2.05, 4.69) is 39.2 Å². The van der Waals surface area contributed by atoms with Crippen molar-refractivity contribution in [3.63, 3.8) is 0 Å². The van der Waals surface area contributed by atoms with Crippen molar-refractivity contribution in [3.05, 3.63) is 6.20 Å². The number of unbranched alkanes of at least 4 members (excludes halogenated alkanes) is 1. The maximum Gasteiger partial charge on any atom is 0.226 e. The van der Waals surface area contributed by atoms with Gasteiger partial charge in [0.05, 0.1) is 11.6 Å². The molecule has 1 aliphatic heterocycles. The Kier molecular flexibility index (Phi) is 4.42. The van der Waals surface area contributed by atoms with E-state index >= 15 is 0 Å². The van der Waals surface area contributed by atoms with Crippen LogP contribution in [0.3, 0.4) is 0 Å². The van der Waals surface area contributed by atoms with Crippen LogP contribution >= 0.6 is 0 Å². The van der Waals surface area contributed by atoms with Crippen molar-refractivity contribution in [3.8, 4) is 0 Å². The highest BCUT2D eigenvalue weighted by atomic mass is 15.3. The summed E-state index contributed by atoms with van der Waals surface area (Å²) in [6.07, 6.45) is 4.15. The molecule has 3 rings (SSSR count). The zero-order valence-corrected chi connectivity index (χ0v) is 13.7. The first-order valence-corrected chi connectivity index (χ1v) is 8.06. The number of hydrogen-bond donors (Lipinski definition) is 1. The summed E-state index contributed by atoms with van der Waals surface area (Å²) in [7, 11) is 4.09. The molecule has 0 aromatic carbocycles. The first-order chi connectivity index (χ1) is 10.7. The van der Waals surface area contributed by atoms with Crippen molar-refractivity contribution >= 4 is 22.8 Å². The van der Waals surface area contributed by atoms with Crippen LogP contribution in [0, 0.1) is 0 Å². The molecule has 1 N–H and O–H groups in total. The number of nitrogens with zero attached hydrogens (tertiary/aromatic N) is 6. The van der Waals surface area contributed by atoms with E-state index in [4.69, 9.17) is 4.98 Å². The summed E-state index contributed by atoms with van der Waals surface area (Å²) in [5.41, 5.74) is 0.892. The monoisotopic (exact) mass is 303 g/mol. The van der Waals surface area contributed by atoms with Gasteiger partial charge in [-0.15, -0.1) is 0 Å². The fraction of sp³-hybridized carbons (Fsp3) is 0.667. The molecule has 0 aliphatic carbocycles. The van der Waals surface area contributed by atoms with Gasteiger partial charge in [0.25, 0.3) is 0 Å². The van der Waals surface area contributed by atoms with Gasteiger partial charge in [-0.25, -0.2) is 0 Å². The first-order valence-electron chi connectivity index (χ1n) is 8.06. The number of rotatable bonds is 5. The summed E-state index contributed by atoms with van der Waals surface area (Å²) in [5, 5.41) is 8.73. The molecule has 1 fully saturated rings. The Hall–Kier alpha value is -1.89. The summed E-state index contributed by atoms with van der Waals surface area (Å²) in [5.74, 6) is 1.71. The number of likely N-dealkylation sites (N-methyl/N-ethyl adjacent to an activating group) is 1. The lowest BCUT2D eigenvalue weighted by Gasteiger charge is -2.33. The zero-order chi connectivity index (χ0) is 15.5. The molecule has 7 nitrogen and oxygen atoms in total. The summed E-state index contributed by atoms with van der Waals surface area (Å²) < 4.78 is 1.82. The minimum Gasteiger partial charge on any atom is -0.354 e. The predicted octanol–water partition coefficient (Wildman–Crippen LogP) is 1.33. The van der Waals surface area contributed by atoms with Crippen molar-refractivity contribution < 1.29 is 0 Å². The third-order valence-corrected chi connectivity index (χ3v) is 4.19. The Labute approximate surface area is 131 Å². The van der Waals surface area contributed by atoms with E-state index in [1.165, 1.54) is 0 Å². The number of nitrogens with one attached hydrogen (secondary N) is 1. The molecule has 7 heteroatoms. The molecule has 0 saturated carbocycles. The molecule has 22 heavy (non-hydrogen) atoms. The van der Waals surface area contributed by atoms with Crippen molar-refractivity contribution in [2.45, 2.75) is 19.8 Å². The summed E-state index contributed by atoms with van der Waals surface area (Å²) in [6, 6.07) is 0. The predicted molar refractivity (Wildman–Crippen MR) is 89.4 cm³/mol. The molecule has 1 saturated heterocycles. The Balaban J connectivity index is 1.92. The second kappa shape index (κ2) is 6.48. The molecule has 0 unspecified atom stereocenters. The summed E-state index contributed by atoms with van der Waals surface area (Å²) in [6.45, 7) is 7.19. The van der Waals surface area contributed by atoms with Gasteiger partial charge in [-0.1, -0.05) is 13.3 Å². The molecule has 0 spiro atoms. The SMILES string of the molecule is CCCCNc1nc(N2CCN(C)CC2)c2cnn(C)c2n1. The second-order valence-electron chi connectivity index (χ2n) is 5.95. The number of anilines is 2. The zero-order valence-electron chi connectivity index (χ0n) is 13.7. The van der Waals surface area contributed by atoms with Crippen LogP contribution in [0.25, 0.3) is 11.0 Å². The van der Waals surface area contributed by atoms with Gasteiger partial charge < -0.3 is 15.1 Å². The van der Waals surface area contributed by atoms with Crippen LogP contribution in [0.15, 0.2) is 6.20 Å².